The van der Waals surface area contributed by atoms with Crippen LogP contribution in [0.5, 0.6) is 0 Å². The van der Waals surface area contributed by atoms with Gasteiger partial charge in [0.25, 0.3) is 0 Å². The summed E-state index contributed by atoms with van der Waals surface area (Å²) in [5.74, 6) is 1.75. The molecule has 1 aromatic carbocycles. The molecule has 170 valence electrons. The number of hydrogen-bond donors (Lipinski definition) is 3. The van der Waals surface area contributed by atoms with E-state index < -0.39 is 5.69 Å². The molecule has 2 amide bonds. The van der Waals surface area contributed by atoms with Gasteiger partial charge < -0.3 is 20.9 Å². The molecule has 9 heteroatoms. The van der Waals surface area contributed by atoms with Crippen molar-refractivity contribution in [1.82, 2.24) is 24.7 Å². The van der Waals surface area contributed by atoms with Crippen LogP contribution < -0.4 is 22.1 Å². The number of piperidine rings is 1. The smallest absolute Gasteiger partial charge is 0.327 e. The number of carbonyl (C=O) groups excluding carboxylic acids is 1. The number of amides is 2. The van der Waals surface area contributed by atoms with Crippen molar-refractivity contribution in [2.24, 2.45) is 17.6 Å². The zero-order valence-corrected chi connectivity index (χ0v) is 18.2. The molecule has 0 radical (unpaired) electrons. The van der Waals surface area contributed by atoms with Crippen LogP contribution >= 0.6 is 0 Å². The van der Waals surface area contributed by atoms with Gasteiger partial charge in [0.2, 0.25) is 0 Å². The highest BCUT2D eigenvalue weighted by Crippen LogP contribution is 2.43. The number of aryl methyl sites for hydroxylation is 1. The van der Waals surface area contributed by atoms with Crippen LogP contribution in [0.1, 0.15) is 12.0 Å². The van der Waals surface area contributed by atoms with Gasteiger partial charge in [0.05, 0.1) is 5.69 Å². The second-order valence-electron chi connectivity index (χ2n) is 9.07. The van der Waals surface area contributed by atoms with E-state index in [1.165, 1.54) is 10.1 Å². The van der Waals surface area contributed by atoms with Crippen molar-refractivity contribution in [3.63, 3.8) is 0 Å². The van der Waals surface area contributed by atoms with Crippen molar-refractivity contribution in [1.29, 1.82) is 0 Å². The second kappa shape index (κ2) is 9.01. The minimum Gasteiger partial charge on any atom is -0.327 e. The predicted octanol–water partition coefficient (Wildman–Crippen LogP) is 0.491. The Balaban J connectivity index is 1.14. The van der Waals surface area contributed by atoms with Crippen LogP contribution in [0, 0.1) is 11.8 Å². The first-order chi connectivity index (χ1) is 15.6. The summed E-state index contributed by atoms with van der Waals surface area (Å²) in [4.78, 5) is 33.1. The molecule has 1 aromatic heterocycles. The summed E-state index contributed by atoms with van der Waals surface area (Å²) in [6, 6.07) is 9.91. The lowest BCUT2D eigenvalue weighted by Gasteiger charge is -2.27. The van der Waals surface area contributed by atoms with Gasteiger partial charge in [-0.2, -0.15) is 4.98 Å². The van der Waals surface area contributed by atoms with E-state index in [2.05, 4.69) is 32.7 Å². The standard InChI is InChI=1S/C23H31N7O2/c24-21-18-14-28(15-19(18)21)10-1-2-16-3-5-17(6-4-16)30-11-7-20(27-23(30)32)26-22(31)29-12-8-25-9-13-29/h3-7,11,18-19,21,25H,1-2,8-10,12-15,24H2,(H,26,27,31,32). The van der Waals surface area contributed by atoms with Gasteiger partial charge in [0.15, 0.2) is 0 Å². The molecule has 1 aliphatic carbocycles. The van der Waals surface area contributed by atoms with E-state index in [-0.39, 0.29) is 11.8 Å². The molecule has 0 spiro atoms. The Kier molecular flexibility index (Phi) is 5.95. The maximum Gasteiger partial charge on any atom is 0.354 e. The van der Waals surface area contributed by atoms with Gasteiger partial charge in [0.1, 0.15) is 5.82 Å². The van der Waals surface area contributed by atoms with E-state index in [0.29, 0.717) is 19.1 Å². The maximum atomic E-state index is 12.5. The Morgan fingerprint density at radius 1 is 1.12 bits per heavy atom. The number of nitrogens with zero attached hydrogens (tertiary/aromatic N) is 4. The summed E-state index contributed by atoms with van der Waals surface area (Å²) < 4.78 is 1.49. The maximum absolute atomic E-state index is 12.5. The van der Waals surface area contributed by atoms with E-state index >= 15 is 0 Å². The average Bonchev–Trinajstić information content (AvgIpc) is 3.19. The molecule has 32 heavy (non-hydrogen) atoms. The number of aromatic nitrogens is 2. The Morgan fingerprint density at radius 2 is 1.84 bits per heavy atom. The fourth-order valence-electron chi connectivity index (χ4n) is 4.90. The normalized spacial score (nSPS) is 24.9. The summed E-state index contributed by atoms with van der Waals surface area (Å²) in [5, 5.41) is 5.92. The first-order valence-electron chi connectivity index (χ1n) is 11.5. The van der Waals surface area contributed by atoms with Gasteiger partial charge >= 0.3 is 11.7 Å². The zero-order valence-electron chi connectivity index (χ0n) is 18.2. The number of likely N-dealkylation sites (tertiary alicyclic amines) is 1. The van der Waals surface area contributed by atoms with Crippen LogP contribution in [-0.2, 0) is 6.42 Å². The SMILES string of the molecule is NC1C2CN(CCCc3ccc(-n4ccc(NC(=O)N5CCNCC5)nc4=O)cc3)CC12. The van der Waals surface area contributed by atoms with Crippen LogP contribution in [0.25, 0.3) is 5.69 Å². The van der Waals surface area contributed by atoms with E-state index in [9.17, 15) is 9.59 Å². The van der Waals surface area contributed by atoms with E-state index in [1.807, 2.05) is 12.1 Å². The largest absolute Gasteiger partial charge is 0.354 e. The number of anilines is 1. The van der Waals surface area contributed by atoms with Gasteiger partial charge in [-0.1, -0.05) is 12.1 Å². The van der Waals surface area contributed by atoms with Crippen LogP contribution in [0.15, 0.2) is 41.3 Å². The van der Waals surface area contributed by atoms with E-state index in [0.717, 1.165) is 63.1 Å². The minimum atomic E-state index is -0.415. The van der Waals surface area contributed by atoms with Crippen molar-refractivity contribution in [2.45, 2.75) is 18.9 Å². The van der Waals surface area contributed by atoms with Crippen molar-refractivity contribution < 1.29 is 4.79 Å². The van der Waals surface area contributed by atoms with Crippen molar-refractivity contribution in [2.75, 3.05) is 51.1 Å². The number of carbonyl (C=O) groups is 1. The van der Waals surface area contributed by atoms with Crippen LogP contribution in [0.2, 0.25) is 0 Å². The number of hydrogen-bond acceptors (Lipinski definition) is 6. The van der Waals surface area contributed by atoms with Gasteiger partial charge in [-0.25, -0.2) is 9.59 Å². The highest BCUT2D eigenvalue weighted by molar-refractivity contribution is 5.88. The molecule has 9 nitrogen and oxygen atoms in total. The van der Waals surface area contributed by atoms with E-state index in [4.69, 9.17) is 5.73 Å². The first kappa shape index (κ1) is 21.1. The molecule has 2 aliphatic heterocycles. The topological polar surface area (TPSA) is 109 Å². The number of urea groups is 1. The summed E-state index contributed by atoms with van der Waals surface area (Å²) in [6.45, 7) is 6.26. The molecule has 5 rings (SSSR count). The lowest BCUT2D eigenvalue weighted by molar-refractivity contribution is 0.204. The minimum absolute atomic E-state index is 0.227. The Morgan fingerprint density at radius 3 is 2.53 bits per heavy atom. The van der Waals surface area contributed by atoms with Gasteiger partial charge in [-0.15, -0.1) is 0 Å². The number of fused-ring (bicyclic) bond motifs is 1. The fraction of sp³-hybridized carbons (Fsp3) is 0.522. The number of piperazine rings is 1. The Hall–Kier alpha value is -2.75. The van der Waals surface area contributed by atoms with Crippen LogP contribution in [0.3, 0.4) is 0 Å². The molecule has 0 bridgehead atoms. The van der Waals surface area contributed by atoms with Gasteiger partial charge in [-0.05, 0) is 55.0 Å². The molecular formula is C23H31N7O2. The number of nitrogens with one attached hydrogen (secondary N) is 2. The zero-order chi connectivity index (χ0) is 22.1. The molecule has 2 aromatic rings. The number of benzene rings is 1. The second-order valence-corrected chi connectivity index (χ2v) is 9.07. The number of rotatable bonds is 6. The molecule has 3 heterocycles. The summed E-state index contributed by atoms with van der Waals surface area (Å²) in [6.07, 6.45) is 3.79. The monoisotopic (exact) mass is 437 g/mol. The van der Waals surface area contributed by atoms with E-state index in [1.54, 1.807) is 17.2 Å². The van der Waals surface area contributed by atoms with Crippen molar-refractivity contribution in [3.05, 3.63) is 52.6 Å². The van der Waals surface area contributed by atoms with Crippen LogP contribution in [-0.4, -0.2) is 77.2 Å². The lowest BCUT2D eigenvalue weighted by Crippen LogP contribution is -2.48. The fourth-order valence-corrected chi connectivity index (χ4v) is 4.90. The molecule has 3 fully saturated rings. The molecule has 4 N–H and O–H groups in total. The molecule has 1 saturated carbocycles. The highest BCUT2D eigenvalue weighted by Gasteiger charge is 2.53. The van der Waals surface area contributed by atoms with Crippen LogP contribution in [0.4, 0.5) is 10.6 Å². The molecule has 2 saturated heterocycles. The summed E-state index contributed by atoms with van der Waals surface area (Å²) in [5.41, 5.74) is 7.62. The first-order valence-corrected chi connectivity index (χ1v) is 11.5. The van der Waals surface area contributed by atoms with Crippen molar-refractivity contribution >= 4 is 11.8 Å². The lowest BCUT2D eigenvalue weighted by atomic mass is 10.1. The molecule has 2 atom stereocenters. The third-order valence-electron chi connectivity index (χ3n) is 6.93. The average molecular weight is 438 g/mol. The third kappa shape index (κ3) is 4.55. The van der Waals surface area contributed by atoms with Gasteiger partial charge in [-0.3, -0.25) is 9.88 Å². The third-order valence-corrected chi connectivity index (χ3v) is 6.93. The number of nitrogens with two attached hydrogens (primary N) is 1. The molecule has 3 aliphatic rings. The van der Waals surface area contributed by atoms with Crippen molar-refractivity contribution in [3.8, 4) is 5.69 Å². The van der Waals surface area contributed by atoms with Gasteiger partial charge in [0, 0.05) is 51.5 Å². The molecular weight excluding hydrogens is 406 g/mol. The quantitative estimate of drug-likeness (QED) is 0.607. The Labute approximate surface area is 187 Å². The highest BCUT2D eigenvalue weighted by atomic mass is 16.2. The summed E-state index contributed by atoms with van der Waals surface area (Å²) >= 11 is 0. The predicted molar refractivity (Wildman–Crippen MR) is 123 cm³/mol. The molecule has 2 unspecified atom stereocenters. The Bertz CT molecular complexity index is 1000. The summed E-state index contributed by atoms with van der Waals surface area (Å²) in [7, 11) is 0.